The molecule has 0 radical (unpaired) electrons. The molecule has 3 heteroatoms. The molecule has 4 aromatic carbocycles. The minimum Gasteiger partial charge on any atom is -0.398 e. The maximum absolute atomic E-state index is 13.2. The molecule has 0 unspecified atom stereocenters. The summed E-state index contributed by atoms with van der Waals surface area (Å²) >= 11 is 0. The number of hydrogen-bond donors (Lipinski definition) is 0. The summed E-state index contributed by atoms with van der Waals surface area (Å²) in [4.78, 5) is 16.1. The van der Waals surface area contributed by atoms with Gasteiger partial charge in [-0.25, -0.2) is 4.79 Å². The molecule has 0 fully saturated rings. The summed E-state index contributed by atoms with van der Waals surface area (Å²) in [5.41, 5.74) is 0.544. The Bertz CT molecular complexity index is 936. The third-order valence-electron chi connectivity index (χ3n) is 4.44. The van der Waals surface area contributed by atoms with E-state index in [9.17, 15) is 4.79 Å². The first-order chi connectivity index (χ1) is 13.8. The Balaban J connectivity index is 1.95. The fourth-order valence-corrected chi connectivity index (χ4v) is 6.17. The van der Waals surface area contributed by atoms with E-state index in [1.165, 1.54) is 0 Å². The van der Waals surface area contributed by atoms with Crippen molar-refractivity contribution < 1.29 is 8.98 Å². The van der Waals surface area contributed by atoms with Crippen LogP contribution in [0.15, 0.2) is 136 Å². The number of hydrogen-bond acceptors (Lipinski definition) is 2. The summed E-state index contributed by atoms with van der Waals surface area (Å²) in [7, 11) is -2.23. The molecule has 28 heavy (non-hydrogen) atoms. The molecule has 0 spiro atoms. The maximum Gasteiger partial charge on any atom is 0.349 e. The van der Waals surface area contributed by atoms with Crippen LogP contribution in [0.1, 0.15) is 10.4 Å². The lowest BCUT2D eigenvalue weighted by Gasteiger charge is -2.39. The van der Waals surface area contributed by atoms with E-state index in [1.54, 1.807) is 12.1 Å². The largest absolute Gasteiger partial charge is 0.398 e. The van der Waals surface area contributed by atoms with Gasteiger partial charge in [0.2, 0.25) is 0 Å². The zero-order chi connectivity index (χ0) is 19.2. The number of carbonyl (C=O) groups excluding carboxylic acids is 1. The van der Waals surface area contributed by atoms with Crippen LogP contribution < -0.4 is 0 Å². The monoisotopic (exact) mass is 384 g/mol. The summed E-state index contributed by atoms with van der Waals surface area (Å²) in [5, 5.41) is 0. The molecule has 138 valence electrons. The third kappa shape index (κ3) is 3.45. The topological polar surface area (TPSA) is 26.3 Å². The second kappa shape index (κ2) is 8.15. The molecule has 0 aromatic heterocycles. The van der Waals surface area contributed by atoms with Gasteiger partial charge in [0.25, 0.3) is 0 Å². The Labute approximate surface area is 167 Å². The van der Waals surface area contributed by atoms with E-state index in [2.05, 4.69) is 0 Å². The molecule has 0 aliphatic heterocycles. The zero-order valence-corrected chi connectivity index (χ0v) is 16.1. The molecule has 0 saturated carbocycles. The smallest absolute Gasteiger partial charge is 0.349 e. The average Bonchev–Trinajstić information content (AvgIpc) is 2.80. The van der Waals surface area contributed by atoms with E-state index in [4.69, 9.17) is 4.18 Å². The lowest BCUT2D eigenvalue weighted by atomic mass is 10.2. The summed E-state index contributed by atoms with van der Waals surface area (Å²) in [5.74, 6) is -0.327. The number of carbonyl (C=O) groups is 1. The van der Waals surface area contributed by atoms with Crippen molar-refractivity contribution >= 4 is 16.3 Å². The van der Waals surface area contributed by atoms with Crippen LogP contribution in [-0.4, -0.2) is 5.97 Å². The Kier molecular flexibility index (Phi) is 5.27. The van der Waals surface area contributed by atoms with Crippen LogP contribution in [0.5, 0.6) is 0 Å². The highest BCUT2D eigenvalue weighted by Crippen LogP contribution is 2.69. The molecule has 0 amide bonds. The first-order valence-electron chi connectivity index (χ1n) is 9.08. The standard InChI is InChI=1S/C25H20O2S/c26-25(21-13-5-1-6-14-21)27-28(22-15-7-2-8-16-22,23-17-9-3-10-18-23)24-19-11-4-12-20-24/h1-20H. The normalized spacial score (nSPS) is 11.6. The first-order valence-corrected chi connectivity index (χ1v) is 10.6. The van der Waals surface area contributed by atoms with E-state index in [0.717, 1.165) is 14.7 Å². The molecular weight excluding hydrogens is 364 g/mol. The highest BCUT2D eigenvalue weighted by molar-refractivity contribution is 8.30. The molecule has 0 aliphatic carbocycles. The Morgan fingerprint density at radius 2 is 0.821 bits per heavy atom. The van der Waals surface area contributed by atoms with Gasteiger partial charge >= 0.3 is 5.97 Å². The van der Waals surface area contributed by atoms with Crippen LogP contribution in [0.3, 0.4) is 0 Å². The zero-order valence-electron chi connectivity index (χ0n) is 15.3. The van der Waals surface area contributed by atoms with Crippen LogP contribution >= 0.6 is 10.3 Å². The van der Waals surface area contributed by atoms with Crippen molar-refractivity contribution in [2.75, 3.05) is 0 Å². The van der Waals surface area contributed by atoms with E-state index >= 15 is 0 Å². The van der Waals surface area contributed by atoms with Gasteiger partial charge in [-0.2, -0.15) is 0 Å². The molecule has 2 nitrogen and oxygen atoms in total. The maximum atomic E-state index is 13.2. The molecule has 4 aromatic rings. The minimum atomic E-state index is -2.23. The van der Waals surface area contributed by atoms with Crippen LogP contribution in [0.2, 0.25) is 0 Å². The molecule has 0 heterocycles. The first kappa shape index (κ1) is 18.1. The van der Waals surface area contributed by atoms with Crippen molar-refractivity contribution in [3.8, 4) is 0 Å². The fourth-order valence-electron chi connectivity index (χ4n) is 3.12. The predicted octanol–water partition coefficient (Wildman–Crippen LogP) is 6.74. The molecular formula is C25H20O2S. The van der Waals surface area contributed by atoms with Gasteiger partial charge in [-0.1, -0.05) is 72.8 Å². The van der Waals surface area contributed by atoms with Crippen molar-refractivity contribution in [3.63, 3.8) is 0 Å². The van der Waals surface area contributed by atoms with Gasteiger partial charge < -0.3 is 4.18 Å². The molecule has 0 atom stereocenters. The highest BCUT2D eigenvalue weighted by Gasteiger charge is 2.35. The summed E-state index contributed by atoms with van der Waals surface area (Å²) in [6.07, 6.45) is 0. The van der Waals surface area contributed by atoms with Crippen LogP contribution in [0.25, 0.3) is 0 Å². The summed E-state index contributed by atoms with van der Waals surface area (Å²) < 4.78 is 6.43. The van der Waals surface area contributed by atoms with Crippen molar-refractivity contribution in [3.05, 3.63) is 127 Å². The van der Waals surface area contributed by atoms with Gasteiger partial charge in [0.15, 0.2) is 0 Å². The summed E-state index contributed by atoms with van der Waals surface area (Å²) in [6, 6.07) is 39.2. The van der Waals surface area contributed by atoms with Crippen LogP contribution in [0.4, 0.5) is 0 Å². The van der Waals surface area contributed by atoms with Gasteiger partial charge in [0.1, 0.15) is 0 Å². The van der Waals surface area contributed by atoms with Gasteiger partial charge in [-0.15, -0.1) is 0 Å². The van der Waals surface area contributed by atoms with Gasteiger partial charge in [-0.3, -0.25) is 0 Å². The molecule has 0 bridgehead atoms. The van der Waals surface area contributed by atoms with E-state index in [1.807, 2.05) is 109 Å². The third-order valence-corrected chi connectivity index (χ3v) is 7.65. The Morgan fingerprint density at radius 1 is 0.500 bits per heavy atom. The number of benzene rings is 4. The predicted molar refractivity (Wildman–Crippen MR) is 114 cm³/mol. The van der Waals surface area contributed by atoms with Crippen molar-refractivity contribution in [1.82, 2.24) is 0 Å². The van der Waals surface area contributed by atoms with Crippen molar-refractivity contribution in [2.24, 2.45) is 0 Å². The van der Waals surface area contributed by atoms with Gasteiger partial charge in [-0.05, 0) is 58.8 Å². The lowest BCUT2D eigenvalue weighted by molar-refractivity contribution is 0.0757. The quantitative estimate of drug-likeness (QED) is 0.381. The Hall–Kier alpha value is -3.30. The van der Waals surface area contributed by atoms with E-state index in [-0.39, 0.29) is 5.97 Å². The Morgan fingerprint density at radius 3 is 1.18 bits per heavy atom. The van der Waals surface area contributed by atoms with E-state index < -0.39 is 10.3 Å². The number of rotatable bonds is 5. The fraction of sp³-hybridized carbons (Fsp3) is 0. The molecule has 4 rings (SSSR count). The second-order valence-electron chi connectivity index (χ2n) is 6.23. The second-order valence-corrected chi connectivity index (χ2v) is 8.93. The van der Waals surface area contributed by atoms with Gasteiger partial charge in [0, 0.05) is 14.7 Å². The molecule has 0 saturated heterocycles. The average molecular weight is 385 g/mol. The molecule has 0 N–H and O–H groups in total. The van der Waals surface area contributed by atoms with Crippen molar-refractivity contribution in [1.29, 1.82) is 0 Å². The van der Waals surface area contributed by atoms with Crippen LogP contribution in [0, 0.1) is 0 Å². The lowest BCUT2D eigenvalue weighted by Crippen LogP contribution is -2.13. The minimum absolute atomic E-state index is 0.327. The van der Waals surface area contributed by atoms with Gasteiger partial charge in [0.05, 0.1) is 5.56 Å². The summed E-state index contributed by atoms with van der Waals surface area (Å²) in [6.45, 7) is 0. The molecule has 0 aliphatic rings. The highest BCUT2D eigenvalue weighted by atomic mass is 32.3. The van der Waals surface area contributed by atoms with Crippen LogP contribution in [-0.2, 0) is 4.18 Å². The van der Waals surface area contributed by atoms with E-state index in [0.29, 0.717) is 5.56 Å². The van der Waals surface area contributed by atoms with Crippen molar-refractivity contribution in [2.45, 2.75) is 14.7 Å². The SMILES string of the molecule is O=C(OS(c1ccccc1)(c1ccccc1)c1ccccc1)c1ccccc1.